The van der Waals surface area contributed by atoms with Crippen LogP contribution in [0.5, 0.6) is 0 Å². The van der Waals surface area contributed by atoms with Gasteiger partial charge in [0.05, 0.1) is 6.10 Å². The lowest BCUT2D eigenvalue weighted by atomic mass is 9.88. The van der Waals surface area contributed by atoms with Crippen molar-refractivity contribution in [3.05, 3.63) is 35.4 Å². The van der Waals surface area contributed by atoms with Crippen molar-refractivity contribution in [2.24, 2.45) is 5.92 Å². The van der Waals surface area contributed by atoms with Gasteiger partial charge in [-0.3, -0.25) is 0 Å². The van der Waals surface area contributed by atoms with Crippen molar-refractivity contribution in [3.8, 4) is 0 Å². The van der Waals surface area contributed by atoms with Crippen LogP contribution in [0, 0.1) is 5.92 Å². The third kappa shape index (κ3) is 4.00. The van der Waals surface area contributed by atoms with Crippen LogP contribution in [0.25, 0.3) is 0 Å². The molecule has 1 saturated heterocycles. The molecule has 1 heterocycles. The fraction of sp³-hybridized carbons (Fsp3) is 0.625. The lowest BCUT2D eigenvalue weighted by Gasteiger charge is -2.33. The molecular weight excluding hydrogens is 260 g/mol. The van der Waals surface area contributed by atoms with Gasteiger partial charge in [0.25, 0.3) is 6.43 Å². The first-order valence-electron chi connectivity index (χ1n) is 7.31. The van der Waals surface area contributed by atoms with Gasteiger partial charge >= 0.3 is 0 Å². The first-order chi connectivity index (χ1) is 9.58. The zero-order valence-electron chi connectivity index (χ0n) is 12.1. The molecule has 2 atom stereocenters. The second kappa shape index (κ2) is 7.14. The molecular formula is C16H23F2NO. The average molecular weight is 283 g/mol. The zero-order chi connectivity index (χ0) is 14.5. The van der Waals surface area contributed by atoms with E-state index >= 15 is 0 Å². The molecule has 1 N–H and O–H groups in total. The van der Waals surface area contributed by atoms with E-state index < -0.39 is 6.43 Å². The highest BCUT2D eigenvalue weighted by atomic mass is 19.3. The van der Waals surface area contributed by atoms with E-state index in [0.29, 0.717) is 18.6 Å². The molecule has 2 nitrogen and oxygen atoms in total. The summed E-state index contributed by atoms with van der Waals surface area (Å²) in [4.78, 5) is 0. The van der Waals surface area contributed by atoms with Gasteiger partial charge in [-0.05, 0) is 24.5 Å². The maximum absolute atomic E-state index is 12.8. The van der Waals surface area contributed by atoms with Crippen LogP contribution in [-0.4, -0.2) is 19.2 Å². The lowest BCUT2D eigenvalue weighted by Crippen LogP contribution is -2.35. The van der Waals surface area contributed by atoms with E-state index in [-0.39, 0.29) is 11.7 Å². The van der Waals surface area contributed by atoms with Gasteiger partial charge in [-0.15, -0.1) is 0 Å². The smallest absolute Gasteiger partial charge is 0.263 e. The Balaban J connectivity index is 2.12. The number of halogens is 2. The molecule has 112 valence electrons. The highest BCUT2D eigenvalue weighted by Gasteiger charge is 2.27. The molecule has 1 aliphatic rings. The van der Waals surface area contributed by atoms with Crippen LogP contribution in [0.15, 0.2) is 24.3 Å². The summed E-state index contributed by atoms with van der Waals surface area (Å²) < 4.78 is 31.5. The quantitative estimate of drug-likeness (QED) is 0.878. The van der Waals surface area contributed by atoms with Crippen LogP contribution in [0.2, 0.25) is 0 Å². The van der Waals surface area contributed by atoms with Crippen LogP contribution >= 0.6 is 0 Å². The van der Waals surface area contributed by atoms with E-state index in [9.17, 15) is 8.78 Å². The summed E-state index contributed by atoms with van der Waals surface area (Å²) in [5.74, 6) is 0.346. The van der Waals surface area contributed by atoms with Gasteiger partial charge in [0, 0.05) is 30.7 Å². The maximum atomic E-state index is 12.8. The van der Waals surface area contributed by atoms with E-state index in [1.165, 1.54) is 6.07 Å². The first-order valence-corrected chi connectivity index (χ1v) is 7.31. The Morgan fingerprint density at radius 1 is 1.35 bits per heavy atom. The molecule has 4 heteroatoms. The summed E-state index contributed by atoms with van der Waals surface area (Å²) in [5, 5.41) is 3.42. The van der Waals surface area contributed by atoms with Crippen LogP contribution in [0.3, 0.4) is 0 Å². The van der Waals surface area contributed by atoms with E-state index in [4.69, 9.17) is 4.74 Å². The Hall–Kier alpha value is -1.00. The van der Waals surface area contributed by atoms with Crippen molar-refractivity contribution in [2.75, 3.05) is 13.2 Å². The van der Waals surface area contributed by atoms with E-state index in [0.717, 1.165) is 24.9 Å². The van der Waals surface area contributed by atoms with Crippen molar-refractivity contribution in [1.82, 2.24) is 5.32 Å². The van der Waals surface area contributed by atoms with Crippen molar-refractivity contribution < 1.29 is 13.5 Å². The fourth-order valence-corrected chi connectivity index (χ4v) is 2.68. The van der Waals surface area contributed by atoms with Gasteiger partial charge in [-0.1, -0.05) is 32.0 Å². The molecule has 0 saturated carbocycles. The van der Waals surface area contributed by atoms with Gasteiger partial charge in [-0.25, -0.2) is 8.78 Å². The summed E-state index contributed by atoms with van der Waals surface area (Å²) in [6, 6.07) is 7.07. The molecule has 1 aliphatic heterocycles. The third-order valence-electron chi connectivity index (χ3n) is 3.72. The topological polar surface area (TPSA) is 21.3 Å². The Morgan fingerprint density at radius 3 is 2.85 bits per heavy atom. The van der Waals surface area contributed by atoms with Crippen LogP contribution in [0.1, 0.15) is 50.3 Å². The number of nitrogens with one attached hydrogen (secondary N) is 1. The minimum atomic E-state index is -2.43. The molecule has 2 rings (SSSR count). The largest absolute Gasteiger partial charge is 0.373 e. The van der Waals surface area contributed by atoms with Crippen LogP contribution in [-0.2, 0) is 4.74 Å². The minimum Gasteiger partial charge on any atom is -0.373 e. The molecule has 20 heavy (non-hydrogen) atoms. The fourth-order valence-electron chi connectivity index (χ4n) is 2.68. The molecule has 1 aromatic rings. The molecule has 0 aliphatic carbocycles. The number of benzene rings is 1. The lowest BCUT2D eigenvalue weighted by molar-refractivity contribution is -0.0283. The minimum absolute atomic E-state index is 0.0753. The highest BCUT2D eigenvalue weighted by Crippen LogP contribution is 2.34. The maximum Gasteiger partial charge on any atom is 0.263 e. The van der Waals surface area contributed by atoms with Gasteiger partial charge < -0.3 is 10.1 Å². The van der Waals surface area contributed by atoms with E-state index in [2.05, 4.69) is 19.2 Å². The number of hydrogen-bond donors (Lipinski definition) is 1. The standard InChI is InChI=1S/C16H23F2NO/c1-11(2)19-10-14-7-4-8-20-15(14)12-5-3-6-13(9-12)16(17)18/h3,5-6,9,11,14-16,19H,4,7-8,10H2,1-2H3. The first kappa shape index (κ1) is 15.4. The van der Waals surface area contributed by atoms with Crippen molar-refractivity contribution in [3.63, 3.8) is 0 Å². The van der Waals surface area contributed by atoms with Gasteiger partial charge in [0.1, 0.15) is 0 Å². The predicted molar refractivity (Wildman–Crippen MR) is 76.0 cm³/mol. The predicted octanol–water partition coefficient (Wildman–Crippen LogP) is 4.09. The van der Waals surface area contributed by atoms with Crippen molar-refractivity contribution >= 4 is 0 Å². The number of rotatable bonds is 5. The average Bonchev–Trinajstić information content (AvgIpc) is 2.45. The monoisotopic (exact) mass is 283 g/mol. The van der Waals surface area contributed by atoms with Gasteiger partial charge in [-0.2, -0.15) is 0 Å². The molecule has 0 radical (unpaired) electrons. The van der Waals surface area contributed by atoms with E-state index in [1.54, 1.807) is 12.1 Å². The van der Waals surface area contributed by atoms with Crippen LogP contribution < -0.4 is 5.32 Å². The molecule has 0 spiro atoms. The summed E-state index contributed by atoms with van der Waals surface area (Å²) in [5.41, 5.74) is 0.949. The van der Waals surface area contributed by atoms with Crippen LogP contribution in [0.4, 0.5) is 8.78 Å². The Bertz CT molecular complexity index is 423. The molecule has 0 bridgehead atoms. The van der Waals surface area contributed by atoms with Crippen molar-refractivity contribution in [2.45, 2.75) is 45.3 Å². The number of alkyl halides is 2. The normalized spacial score (nSPS) is 23.5. The summed E-state index contributed by atoms with van der Waals surface area (Å²) in [7, 11) is 0. The van der Waals surface area contributed by atoms with Crippen molar-refractivity contribution in [1.29, 1.82) is 0 Å². The molecule has 1 fully saturated rings. The third-order valence-corrected chi connectivity index (χ3v) is 3.72. The SMILES string of the molecule is CC(C)NCC1CCCOC1c1cccc(C(F)F)c1. The molecule has 1 aromatic carbocycles. The number of hydrogen-bond acceptors (Lipinski definition) is 2. The second-order valence-corrected chi connectivity index (χ2v) is 5.73. The zero-order valence-corrected chi connectivity index (χ0v) is 12.1. The van der Waals surface area contributed by atoms with Gasteiger partial charge in [0.2, 0.25) is 0 Å². The van der Waals surface area contributed by atoms with Gasteiger partial charge in [0.15, 0.2) is 0 Å². The summed E-state index contributed by atoms with van der Waals surface area (Å²) in [6.45, 7) is 5.79. The Kier molecular flexibility index (Phi) is 5.49. The summed E-state index contributed by atoms with van der Waals surface area (Å²) >= 11 is 0. The number of ether oxygens (including phenoxy) is 1. The Morgan fingerprint density at radius 2 is 2.15 bits per heavy atom. The Labute approximate surface area is 119 Å². The highest BCUT2D eigenvalue weighted by molar-refractivity contribution is 5.26. The molecule has 2 unspecified atom stereocenters. The van der Waals surface area contributed by atoms with E-state index in [1.807, 2.05) is 6.07 Å². The molecule has 0 aromatic heterocycles. The second-order valence-electron chi connectivity index (χ2n) is 5.73. The summed E-state index contributed by atoms with van der Waals surface area (Å²) in [6.07, 6.45) is -0.391. The molecule has 0 amide bonds.